The van der Waals surface area contributed by atoms with Gasteiger partial charge in [0.15, 0.2) is 0 Å². The highest BCUT2D eigenvalue weighted by molar-refractivity contribution is 7.52. The highest BCUT2D eigenvalue weighted by atomic mass is 31.2. The molecule has 0 spiro atoms. The van der Waals surface area contributed by atoms with Crippen molar-refractivity contribution in [1.82, 2.24) is 0 Å². The Bertz CT molecular complexity index is 177. The highest BCUT2D eigenvalue weighted by Crippen LogP contribution is 2.48. The molecule has 1 aliphatic rings. The van der Waals surface area contributed by atoms with Gasteiger partial charge in [-0.15, -0.1) is 0 Å². The van der Waals surface area contributed by atoms with E-state index in [4.69, 9.17) is 4.52 Å². The van der Waals surface area contributed by atoms with Crippen LogP contribution in [0.3, 0.4) is 0 Å². The fraction of sp³-hybridized carbons (Fsp3) is 1.00. The summed E-state index contributed by atoms with van der Waals surface area (Å²) in [6, 6.07) is 0. The molecule has 1 fully saturated rings. The van der Waals surface area contributed by atoms with E-state index in [1.807, 2.05) is 6.92 Å². The molecule has 1 aliphatic carbocycles. The number of rotatable bonds is 2. The SMILES string of the molecule is C[C@@H]1CCC[C@H]1OP(C)(=O)F. The number of hydrogen-bond acceptors (Lipinski definition) is 2. The smallest absolute Gasteiger partial charge is 0.302 e. The van der Waals surface area contributed by atoms with E-state index in [0.29, 0.717) is 5.92 Å². The Labute approximate surface area is 66.7 Å². The fourth-order valence-corrected chi connectivity index (χ4v) is 2.31. The molecule has 4 heteroatoms. The summed E-state index contributed by atoms with van der Waals surface area (Å²) in [4.78, 5) is 0. The van der Waals surface area contributed by atoms with Crippen LogP contribution in [-0.4, -0.2) is 12.8 Å². The molecule has 1 unspecified atom stereocenters. The summed E-state index contributed by atoms with van der Waals surface area (Å²) in [6.45, 7) is 3.03. The summed E-state index contributed by atoms with van der Waals surface area (Å²) in [5, 5.41) is 0. The first-order valence-electron chi connectivity index (χ1n) is 3.94. The standard InChI is InChI=1S/C7H14FO2P/c1-6-4-3-5-7(6)10-11(2,8)9/h6-7H,3-5H2,1-2H3/t6-,7-,11?/m1/s1. The van der Waals surface area contributed by atoms with Gasteiger partial charge in [-0.05, 0) is 18.8 Å². The van der Waals surface area contributed by atoms with Gasteiger partial charge in [0.05, 0.1) is 6.10 Å². The van der Waals surface area contributed by atoms with E-state index in [1.165, 1.54) is 0 Å². The van der Waals surface area contributed by atoms with Gasteiger partial charge in [-0.25, -0.2) is 0 Å². The van der Waals surface area contributed by atoms with Crippen LogP contribution in [0.1, 0.15) is 26.2 Å². The van der Waals surface area contributed by atoms with E-state index >= 15 is 0 Å². The van der Waals surface area contributed by atoms with Gasteiger partial charge in [0.25, 0.3) is 0 Å². The third-order valence-electron chi connectivity index (χ3n) is 2.11. The monoisotopic (exact) mass is 180 g/mol. The van der Waals surface area contributed by atoms with Gasteiger partial charge in [-0.1, -0.05) is 13.3 Å². The lowest BCUT2D eigenvalue weighted by Crippen LogP contribution is -2.12. The molecule has 66 valence electrons. The normalized spacial score (nSPS) is 37.0. The van der Waals surface area contributed by atoms with Gasteiger partial charge >= 0.3 is 7.68 Å². The van der Waals surface area contributed by atoms with Gasteiger partial charge in [-0.3, -0.25) is 4.57 Å². The summed E-state index contributed by atoms with van der Waals surface area (Å²) in [5.74, 6) is 0.360. The Morgan fingerprint density at radius 1 is 1.55 bits per heavy atom. The van der Waals surface area contributed by atoms with E-state index in [-0.39, 0.29) is 6.10 Å². The quantitative estimate of drug-likeness (QED) is 0.610. The maximum Gasteiger partial charge on any atom is 0.364 e. The maximum atomic E-state index is 12.5. The lowest BCUT2D eigenvalue weighted by atomic mass is 10.1. The zero-order valence-electron chi connectivity index (χ0n) is 6.92. The van der Waals surface area contributed by atoms with Crippen LogP contribution in [0.5, 0.6) is 0 Å². The molecule has 11 heavy (non-hydrogen) atoms. The number of hydrogen-bond donors (Lipinski definition) is 0. The first-order valence-corrected chi connectivity index (χ1v) is 5.91. The van der Waals surface area contributed by atoms with Gasteiger partial charge in [0.1, 0.15) is 0 Å². The minimum atomic E-state index is -3.75. The Kier molecular flexibility index (Phi) is 2.71. The van der Waals surface area contributed by atoms with Gasteiger partial charge < -0.3 is 4.52 Å². The highest BCUT2D eigenvalue weighted by Gasteiger charge is 2.29. The van der Waals surface area contributed by atoms with Crippen LogP contribution >= 0.6 is 7.68 Å². The fourth-order valence-electron chi connectivity index (χ4n) is 1.51. The minimum Gasteiger partial charge on any atom is -0.302 e. The molecule has 1 rings (SSSR count). The van der Waals surface area contributed by atoms with Gasteiger partial charge in [0.2, 0.25) is 0 Å². The van der Waals surface area contributed by atoms with E-state index < -0.39 is 7.68 Å². The average Bonchev–Trinajstić information content (AvgIpc) is 2.12. The predicted molar refractivity (Wildman–Crippen MR) is 42.5 cm³/mol. The summed E-state index contributed by atoms with van der Waals surface area (Å²) in [5.41, 5.74) is 0. The zero-order valence-corrected chi connectivity index (χ0v) is 7.81. The van der Waals surface area contributed by atoms with E-state index in [2.05, 4.69) is 0 Å². The van der Waals surface area contributed by atoms with Crippen molar-refractivity contribution < 1.29 is 13.3 Å². The molecule has 0 saturated heterocycles. The van der Waals surface area contributed by atoms with Gasteiger partial charge in [-0.2, -0.15) is 4.20 Å². The van der Waals surface area contributed by atoms with Crippen LogP contribution in [0.15, 0.2) is 0 Å². The van der Waals surface area contributed by atoms with Crippen molar-refractivity contribution in [3.63, 3.8) is 0 Å². The molecule has 3 atom stereocenters. The van der Waals surface area contributed by atoms with E-state index in [9.17, 15) is 8.76 Å². The van der Waals surface area contributed by atoms with Crippen LogP contribution in [0.4, 0.5) is 4.20 Å². The van der Waals surface area contributed by atoms with Crippen molar-refractivity contribution in [1.29, 1.82) is 0 Å². The average molecular weight is 180 g/mol. The Balaban J connectivity index is 2.43. The summed E-state index contributed by atoms with van der Waals surface area (Å²) >= 11 is 0. The molecule has 0 aromatic carbocycles. The second-order valence-corrected chi connectivity index (χ2v) is 5.00. The summed E-state index contributed by atoms with van der Waals surface area (Å²) < 4.78 is 28.0. The van der Waals surface area contributed by atoms with Crippen molar-refractivity contribution >= 4 is 7.68 Å². The summed E-state index contributed by atoms with van der Waals surface area (Å²) in [7, 11) is -3.75. The lowest BCUT2D eigenvalue weighted by molar-refractivity contribution is 0.159. The second kappa shape index (κ2) is 3.24. The third kappa shape index (κ3) is 2.92. The van der Waals surface area contributed by atoms with Crippen LogP contribution in [0, 0.1) is 5.92 Å². The molecule has 2 nitrogen and oxygen atoms in total. The molecular weight excluding hydrogens is 166 g/mol. The van der Waals surface area contributed by atoms with Crippen molar-refractivity contribution in [2.24, 2.45) is 5.92 Å². The molecule has 0 bridgehead atoms. The molecule has 0 aromatic heterocycles. The predicted octanol–water partition coefficient (Wildman–Crippen LogP) is 2.98. The van der Waals surface area contributed by atoms with Crippen LogP contribution in [0.25, 0.3) is 0 Å². The molecule has 0 aliphatic heterocycles. The number of halogens is 1. The third-order valence-corrected chi connectivity index (χ3v) is 2.75. The van der Waals surface area contributed by atoms with Crippen molar-refractivity contribution in [2.45, 2.75) is 32.3 Å². The van der Waals surface area contributed by atoms with Crippen molar-refractivity contribution in [3.05, 3.63) is 0 Å². The zero-order chi connectivity index (χ0) is 8.48. The Morgan fingerprint density at radius 2 is 2.18 bits per heavy atom. The van der Waals surface area contributed by atoms with Crippen molar-refractivity contribution in [3.8, 4) is 0 Å². The summed E-state index contributed by atoms with van der Waals surface area (Å²) in [6.07, 6.45) is 2.86. The molecule has 0 heterocycles. The Hall–Kier alpha value is 0.120. The molecular formula is C7H14FO2P. The molecule has 0 N–H and O–H groups in total. The largest absolute Gasteiger partial charge is 0.364 e. The lowest BCUT2D eigenvalue weighted by Gasteiger charge is -2.16. The van der Waals surface area contributed by atoms with Crippen LogP contribution in [0.2, 0.25) is 0 Å². The Morgan fingerprint density at radius 3 is 2.55 bits per heavy atom. The minimum absolute atomic E-state index is 0.115. The van der Waals surface area contributed by atoms with Crippen molar-refractivity contribution in [2.75, 3.05) is 6.66 Å². The second-order valence-electron chi connectivity index (χ2n) is 3.30. The molecule has 1 saturated carbocycles. The van der Waals surface area contributed by atoms with E-state index in [1.54, 1.807) is 0 Å². The topological polar surface area (TPSA) is 26.3 Å². The van der Waals surface area contributed by atoms with Crippen LogP contribution < -0.4 is 0 Å². The first kappa shape index (κ1) is 9.21. The molecule has 0 radical (unpaired) electrons. The van der Waals surface area contributed by atoms with Gasteiger partial charge in [0, 0.05) is 6.66 Å². The maximum absolute atomic E-state index is 12.5. The van der Waals surface area contributed by atoms with Crippen LogP contribution in [-0.2, 0) is 9.09 Å². The molecule has 0 aromatic rings. The van der Waals surface area contributed by atoms with E-state index in [0.717, 1.165) is 25.9 Å². The molecule has 0 amide bonds. The first-order chi connectivity index (χ1) is 4.99.